The van der Waals surface area contributed by atoms with Gasteiger partial charge in [0.2, 0.25) is 0 Å². The molecule has 0 atom stereocenters. The Labute approximate surface area is 88.0 Å². The van der Waals surface area contributed by atoms with E-state index in [1.165, 1.54) is 17.4 Å². The van der Waals surface area contributed by atoms with Crippen LogP contribution in [-0.4, -0.2) is 9.55 Å². The van der Waals surface area contributed by atoms with E-state index in [2.05, 4.69) is 4.98 Å². The van der Waals surface area contributed by atoms with Crippen LogP contribution in [0.1, 0.15) is 38.4 Å². The van der Waals surface area contributed by atoms with Gasteiger partial charge in [0, 0.05) is 17.8 Å². The molecular formula is C11H16N2O2. The molecule has 0 amide bonds. The molecule has 1 aliphatic carbocycles. The first-order chi connectivity index (χ1) is 7.08. The maximum absolute atomic E-state index is 11.6. The van der Waals surface area contributed by atoms with Gasteiger partial charge in [-0.3, -0.25) is 9.36 Å². The van der Waals surface area contributed by atoms with Crippen molar-refractivity contribution >= 4 is 0 Å². The molecule has 4 heteroatoms. The number of aromatic amines is 1. The van der Waals surface area contributed by atoms with Gasteiger partial charge in [0.05, 0.1) is 0 Å². The minimum absolute atomic E-state index is 0.0868. The fourth-order valence-electron chi connectivity index (χ4n) is 1.78. The Bertz CT molecular complexity index is 435. The van der Waals surface area contributed by atoms with Gasteiger partial charge < -0.3 is 4.98 Å². The molecule has 1 fully saturated rings. The lowest BCUT2D eigenvalue weighted by molar-refractivity contribution is 0.540. The molecule has 4 nitrogen and oxygen atoms in total. The largest absolute Gasteiger partial charge is 0.328 e. The monoisotopic (exact) mass is 208 g/mol. The molecule has 1 saturated carbocycles. The van der Waals surface area contributed by atoms with E-state index in [1.807, 2.05) is 13.8 Å². The van der Waals surface area contributed by atoms with Crippen LogP contribution in [0.25, 0.3) is 0 Å². The SMILES string of the molecule is CC(C)n1c(=O)cc(CC2CC2)[nH]c1=O. The molecule has 1 N–H and O–H groups in total. The number of aromatic nitrogens is 2. The van der Waals surface area contributed by atoms with Crippen LogP contribution in [0.3, 0.4) is 0 Å². The standard InChI is InChI=1S/C11H16N2O2/c1-7(2)13-10(14)6-9(12-11(13)15)5-8-3-4-8/h6-8H,3-5H2,1-2H3,(H,12,15). The van der Waals surface area contributed by atoms with Crippen LogP contribution in [0.2, 0.25) is 0 Å². The summed E-state index contributed by atoms with van der Waals surface area (Å²) in [7, 11) is 0. The second-order valence-electron chi connectivity index (χ2n) is 4.55. The summed E-state index contributed by atoms with van der Waals surface area (Å²) in [6.07, 6.45) is 3.27. The number of nitrogens with zero attached hydrogens (tertiary/aromatic N) is 1. The zero-order valence-corrected chi connectivity index (χ0v) is 9.12. The highest BCUT2D eigenvalue weighted by molar-refractivity contribution is 5.03. The molecular weight excluding hydrogens is 192 g/mol. The summed E-state index contributed by atoms with van der Waals surface area (Å²) < 4.78 is 1.25. The van der Waals surface area contributed by atoms with Gasteiger partial charge >= 0.3 is 5.69 Å². The Kier molecular flexibility index (Phi) is 2.50. The van der Waals surface area contributed by atoms with E-state index in [1.54, 1.807) is 6.07 Å². The van der Waals surface area contributed by atoms with Gasteiger partial charge in [-0.2, -0.15) is 0 Å². The third kappa shape index (κ3) is 2.19. The first-order valence-electron chi connectivity index (χ1n) is 5.42. The molecule has 1 aliphatic rings. The minimum atomic E-state index is -0.284. The molecule has 0 radical (unpaired) electrons. The van der Waals surface area contributed by atoms with Crippen molar-refractivity contribution in [3.63, 3.8) is 0 Å². The average molecular weight is 208 g/mol. The Hall–Kier alpha value is -1.32. The van der Waals surface area contributed by atoms with Gasteiger partial charge in [-0.25, -0.2) is 4.79 Å². The van der Waals surface area contributed by atoms with Crippen molar-refractivity contribution in [3.05, 3.63) is 32.6 Å². The van der Waals surface area contributed by atoms with Crippen LogP contribution >= 0.6 is 0 Å². The van der Waals surface area contributed by atoms with Gasteiger partial charge in [0.1, 0.15) is 0 Å². The Morgan fingerprint density at radius 1 is 1.47 bits per heavy atom. The third-order valence-corrected chi connectivity index (χ3v) is 2.74. The van der Waals surface area contributed by atoms with Crippen LogP contribution in [0.5, 0.6) is 0 Å². The second kappa shape index (κ2) is 3.68. The molecule has 15 heavy (non-hydrogen) atoms. The lowest BCUT2D eigenvalue weighted by atomic mass is 10.2. The van der Waals surface area contributed by atoms with Crippen molar-refractivity contribution < 1.29 is 0 Å². The summed E-state index contributed by atoms with van der Waals surface area (Å²) in [5, 5.41) is 0. The summed E-state index contributed by atoms with van der Waals surface area (Å²) in [5.74, 6) is 0.676. The van der Waals surface area contributed by atoms with E-state index < -0.39 is 0 Å². The molecule has 0 unspecified atom stereocenters. The zero-order valence-electron chi connectivity index (χ0n) is 9.12. The van der Waals surface area contributed by atoms with E-state index in [0.29, 0.717) is 5.92 Å². The zero-order chi connectivity index (χ0) is 11.0. The molecule has 0 bridgehead atoms. The lowest BCUT2D eigenvalue weighted by Gasteiger charge is -2.08. The molecule has 1 aromatic rings. The Morgan fingerprint density at radius 3 is 2.60 bits per heavy atom. The first-order valence-corrected chi connectivity index (χ1v) is 5.42. The van der Waals surface area contributed by atoms with E-state index >= 15 is 0 Å². The van der Waals surface area contributed by atoms with Crippen molar-refractivity contribution in [3.8, 4) is 0 Å². The third-order valence-electron chi connectivity index (χ3n) is 2.74. The number of rotatable bonds is 3. The van der Waals surface area contributed by atoms with E-state index in [-0.39, 0.29) is 17.3 Å². The first kappa shape index (κ1) is 10.2. The smallest absolute Gasteiger partial charge is 0.311 e. The van der Waals surface area contributed by atoms with Crippen LogP contribution < -0.4 is 11.2 Å². The fourth-order valence-corrected chi connectivity index (χ4v) is 1.78. The van der Waals surface area contributed by atoms with Crippen LogP contribution in [-0.2, 0) is 6.42 Å². The topological polar surface area (TPSA) is 54.9 Å². The molecule has 0 aliphatic heterocycles. The number of hydrogen-bond acceptors (Lipinski definition) is 2. The number of hydrogen-bond donors (Lipinski definition) is 1. The van der Waals surface area contributed by atoms with E-state index in [9.17, 15) is 9.59 Å². The highest BCUT2D eigenvalue weighted by Gasteiger charge is 2.22. The molecule has 2 rings (SSSR count). The van der Waals surface area contributed by atoms with Crippen LogP contribution in [0.4, 0.5) is 0 Å². The molecule has 82 valence electrons. The molecule has 0 saturated heterocycles. The fraction of sp³-hybridized carbons (Fsp3) is 0.636. The van der Waals surface area contributed by atoms with Gasteiger partial charge in [0.15, 0.2) is 0 Å². The number of H-pyrrole nitrogens is 1. The summed E-state index contributed by atoms with van der Waals surface area (Å²) in [6, 6.07) is 1.47. The second-order valence-corrected chi connectivity index (χ2v) is 4.55. The highest BCUT2D eigenvalue weighted by Crippen LogP contribution is 2.31. The summed E-state index contributed by atoms with van der Waals surface area (Å²) in [5.41, 5.74) is 0.307. The van der Waals surface area contributed by atoms with Gasteiger partial charge in [-0.1, -0.05) is 0 Å². The minimum Gasteiger partial charge on any atom is -0.311 e. The lowest BCUT2D eigenvalue weighted by Crippen LogP contribution is -2.36. The molecule has 1 aromatic heterocycles. The predicted octanol–water partition coefficient (Wildman–Crippen LogP) is 1.07. The molecule has 0 aromatic carbocycles. The van der Waals surface area contributed by atoms with Crippen molar-refractivity contribution in [2.45, 2.75) is 39.2 Å². The summed E-state index contributed by atoms with van der Waals surface area (Å²) in [6.45, 7) is 3.66. The van der Waals surface area contributed by atoms with Gasteiger partial charge in [-0.15, -0.1) is 0 Å². The van der Waals surface area contributed by atoms with Crippen LogP contribution in [0, 0.1) is 5.92 Å². The molecule has 1 heterocycles. The molecule has 0 spiro atoms. The van der Waals surface area contributed by atoms with Crippen LogP contribution in [0.15, 0.2) is 15.7 Å². The predicted molar refractivity (Wildman–Crippen MR) is 58.1 cm³/mol. The maximum atomic E-state index is 11.6. The van der Waals surface area contributed by atoms with Crippen molar-refractivity contribution in [2.75, 3.05) is 0 Å². The maximum Gasteiger partial charge on any atom is 0.328 e. The van der Waals surface area contributed by atoms with Crippen molar-refractivity contribution in [1.29, 1.82) is 0 Å². The van der Waals surface area contributed by atoms with E-state index in [0.717, 1.165) is 12.1 Å². The summed E-state index contributed by atoms with van der Waals surface area (Å²) in [4.78, 5) is 26.0. The van der Waals surface area contributed by atoms with Crippen molar-refractivity contribution in [2.24, 2.45) is 5.92 Å². The normalized spacial score (nSPS) is 15.9. The average Bonchev–Trinajstić information content (AvgIpc) is 2.85. The Morgan fingerprint density at radius 2 is 2.13 bits per heavy atom. The Balaban J connectivity index is 2.37. The quantitative estimate of drug-likeness (QED) is 0.807. The number of nitrogens with one attached hydrogen (secondary N) is 1. The van der Waals surface area contributed by atoms with E-state index in [4.69, 9.17) is 0 Å². The van der Waals surface area contributed by atoms with Gasteiger partial charge in [-0.05, 0) is 39.0 Å². The van der Waals surface area contributed by atoms with Crippen molar-refractivity contribution in [1.82, 2.24) is 9.55 Å². The summed E-state index contributed by atoms with van der Waals surface area (Å²) >= 11 is 0. The highest BCUT2D eigenvalue weighted by atomic mass is 16.2. The van der Waals surface area contributed by atoms with Gasteiger partial charge in [0.25, 0.3) is 5.56 Å².